The Morgan fingerprint density at radius 1 is 1.24 bits per heavy atom. The van der Waals surface area contributed by atoms with Crippen LogP contribution >= 0.6 is 0 Å². The highest BCUT2D eigenvalue weighted by Crippen LogP contribution is 2.32. The van der Waals surface area contributed by atoms with Crippen molar-refractivity contribution in [2.45, 2.75) is 33.1 Å². The van der Waals surface area contributed by atoms with Crippen LogP contribution in [-0.4, -0.2) is 27.5 Å². The van der Waals surface area contributed by atoms with E-state index in [1.54, 1.807) is 11.6 Å². The van der Waals surface area contributed by atoms with Crippen LogP contribution in [0.4, 0.5) is 0 Å². The lowest BCUT2D eigenvalue weighted by molar-refractivity contribution is 0.0951. The van der Waals surface area contributed by atoms with Crippen LogP contribution in [0.25, 0.3) is 16.8 Å². The van der Waals surface area contributed by atoms with E-state index in [0.29, 0.717) is 12.3 Å². The first-order valence-corrected chi connectivity index (χ1v) is 8.69. The molecule has 128 valence electrons. The first kappa shape index (κ1) is 15.8. The number of benzene rings is 1. The number of Topliss-reactive ketones (excluding diaryl/α,β-unsaturated/α-hetero) is 1. The van der Waals surface area contributed by atoms with E-state index in [-0.39, 0.29) is 5.78 Å². The molecule has 4 rings (SSSR count). The normalized spacial score (nSPS) is 16.9. The van der Waals surface area contributed by atoms with Gasteiger partial charge in [-0.3, -0.25) is 4.79 Å². The lowest BCUT2D eigenvalue weighted by Crippen LogP contribution is -2.20. The zero-order valence-corrected chi connectivity index (χ0v) is 14.7. The summed E-state index contributed by atoms with van der Waals surface area (Å²) in [6.45, 7) is 4.19. The summed E-state index contributed by atoms with van der Waals surface area (Å²) in [4.78, 5) is 17.2. The second kappa shape index (κ2) is 5.99. The summed E-state index contributed by atoms with van der Waals surface area (Å²) in [7, 11) is 1.66. The lowest BCUT2D eigenvalue weighted by atomic mass is 9.88. The monoisotopic (exact) mass is 335 g/mol. The van der Waals surface area contributed by atoms with E-state index in [0.717, 1.165) is 52.3 Å². The number of ketones is 1. The van der Waals surface area contributed by atoms with Gasteiger partial charge >= 0.3 is 0 Å². The fourth-order valence-corrected chi connectivity index (χ4v) is 3.57. The summed E-state index contributed by atoms with van der Waals surface area (Å²) in [5.41, 5.74) is 5.53. The summed E-state index contributed by atoms with van der Waals surface area (Å²) in [5, 5.41) is 4.68. The maximum absolute atomic E-state index is 12.3. The van der Waals surface area contributed by atoms with Gasteiger partial charge in [-0.15, -0.1) is 0 Å². The van der Waals surface area contributed by atoms with Crippen molar-refractivity contribution in [3.63, 3.8) is 0 Å². The number of hydrogen-bond acceptors (Lipinski definition) is 4. The van der Waals surface area contributed by atoms with Crippen LogP contribution in [0, 0.1) is 5.92 Å². The first-order chi connectivity index (χ1) is 12.1. The highest BCUT2D eigenvalue weighted by Gasteiger charge is 2.26. The highest BCUT2D eigenvalue weighted by molar-refractivity contribution is 5.98. The molecule has 0 saturated heterocycles. The smallest absolute Gasteiger partial charge is 0.166 e. The molecule has 2 heterocycles. The first-order valence-electron chi connectivity index (χ1n) is 8.69. The number of nitrogens with zero attached hydrogens (tertiary/aromatic N) is 3. The second-order valence-corrected chi connectivity index (χ2v) is 6.71. The van der Waals surface area contributed by atoms with Gasteiger partial charge in [0.05, 0.1) is 24.1 Å². The van der Waals surface area contributed by atoms with Crippen LogP contribution in [0.2, 0.25) is 0 Å². The average Bonchev–Trinajstić information content (AvgIpc) is 2.97. The predicted molar refractivity (Wildman–Crippen MR) is 96.2 cm³/mol. The van der Waals surface area contributed by atoms with Crippen molar-refractivity contribution in [1.82, 2.24) is 14.6 Å². The predicted octanol–water partition coefficient (Wildman–Crippen LogP) is 3.73. The quantitative estimate of drug-likeness (QED) is 0.732. The third-order valence-corrected chi connectivity index (χ3v) is 4.85. The second-order valence-electron chi connectivity index (χ2n) is 6.71. The van der Waals surface area contributed by atoms with Gasteiger partial charge in [0, 0.05) is 18.2 Å². The van der Waals surface area contributed by atoms with Crippen LogP contribution in [0.3, 0.4) is 0 Å². The Labute approximate surface area is 146 Å². The Hall–Kier alpha value is -2.69. The van der Waals surface area contributed by atoms with Crippen molar-refractivity contribution < 1.29 is 9.53 Å². The van der Waals surface area contributed by atoms with Gasteiger partial charge in [-0.25, -0.2) is 9.50 Å². The molecule has 1 atom stereocenters. The van der Waals surface area contributed by atoms with Crippen molar-refractivity contribution in [2.24, 2.45) is 5.92 Å². The van der Waals surface area contributed by atoms with Gasteiger partial charge in [0.1, 0.15) is 5.75 Å². The molecule has 0 radical (unpaired) electrons. The molecule has 2 aromatic heterocycles. The number of ether oxygens (including phenoxy) is 1. The van der Waals surface area contributed by atoms with Crippen LogP contribution in [0.1, 0.15) is 42.0 Å². The molecule has 3 aromatic rings. The molecular formula is C20H21N3O2. The SMILES string of the molecule is CCc1nn2cc3c(nc2c1-c1ccc(OC)cc1)CC(C)CC3=O. The molecule has 5 nitrogen and oxygen atoms in total. The Morgan fingerprint density at radius 3 is 2.68 bits per heavy atom. The fourth-order valence-electron chi connectivity index (χ4n) is 3.57. The fraction of sp³-hybridized carbons (Fsp3) is 0.350. The van der Waals surface area contributed by atoms with E-state index in [1.165, 1.54) is 0 Å². The van der Waals surface area contributed by atoms with Crippen LogP contribution in [-0.2, 0) is 12.8 Å². The van der Waals surface area contributed by atoms with Crippen LogP contribution < -0.4 is 4.74 Å². The molecule has 25 heavy (non-hydrogen) atoms. The molecule has 0 N–H and O–H groups in total. The number of hydrogen-bond donors (Lipinski definition) is 0. The summed E-state index contributed by atoms with van der Waals surface area (Å²) in [6, 6.07) is 7.96. The number of fused-ring (bicyclic) bond motifs is 2. The van der Waals surface area contributed by atoms with E-state index in [2.05, 4.69) is 18.9 Å². The summed E-state index contributed by atoms with van der Waals surface area (Å²) in [6.07, 6.45) is 4.09. The maximum Gasteiger partial charge on any atom is 0.166 e. The van der Waals surface area contributed by atoms with Gasteiger partial charge in [-0.1, -0.05) is 26.0 Å². The Bertz CT molecular complexity index is 957. The Kier molecular flexibility index (Phi) is 3.79. The molecule has 0 amide bonds. The molecule has 5 heteroatoms. The van der Waals surface area contributed by atoms with Gasteiger partial charge in [0.25, 0.3) is 0 Å². The van der Waals surface area contributed by atoms with Crippen molar-refractivity contribution >= 4 is 11.4 Å². The molecule has 0 fully saturated rings. The molecule has 1 unspecified atom stereocenters. The van der Waals surface area contributed by atoms with E-state index in [4.69, 9.17) is 9.72 Å². The van der Waals surface area contributed by atoms with Gasteiger partial charge in [-0.05, 0) is 36.5 Å². The topological polar surface area (TPSA) is 56.5 Å². The van der Waals surface area contributed by atoms with E-state index in [1.807, 2.05) is 30.5 Å². The van der Waals surface area contributed by atoms with Gasteiger partial charge < -0.3 is 4.74 Å². The van der Waals surface area contributed by atoms with Crippen LogP contribution in [0.5, 0.6) is 5.75 Å². The molecule has 1 aliphatic carbocycles. The van der Waals surface area contributed by atoms with Crippen molar-refractivity contribution in [1.29, 1.82) is 0 Å². The number of carbonyl (C=O) groups is 1. The highest BCUT2D eigenvalue weighted by atomic mass is 16.5. The average molecular weight is 335 g/mol. The molecule has 0 bridgehead atoms. The number of aromatic nitrogens is 3. The summed E-state index contributed by atoms with van der Waals surface area (Å²) in [5.74, 6) is 1.33. The lowest BCUT2D eigenvalue weighted by Gasteiger charge is -2.19. The third-order valence-electron chi connectivity index (χ3n) is 4.85. The molecular weight excluding hydrogens is 314 g/mol. The largest absolute Gasteiger partial charge is 0.497 e. The summed E-state index contributed by atoms with van der Waals surface area (Å²) >= 11 is 0. The molecule has 0 saturated carbocycles. The number of rotatable bonds is 3. The van der Waals surface area contributed by atoms with E-state index < -0.39 is 0 Å². The minimum atomic E-state index is 0.169. The standard InChI is InChI=1S/C20H21N3O2/c1-4-16-19(13-5-7-14(25-3)8-6-13)20-21-17-9-12(2)10-18(24)15(17)11-23(20)22-16/h5-8,11-12H,4,9-10H2,1-3H3. The minimum Gasteiger partial charge on any atom is -0.497 e. The summed E-state index contributed by atoms with van der Waals surface area (Å²) < 4.78 is 7.02. The maximum atomic E-state index is 12.3. The zero-order valence-electron chi connectivity index (χ0n) is 14.7. The Morgan fingerprint density at radius 2 is 2.00 bits per heavy atom. The molecule has 1 aromatic carbocycles. The number of methoxy groups -OCH3 is 1. The molecule has 0 aliphatic heterocycles. The minimum absolute atomic E-state index is 0.169. The van der Waals surface area contributed by atoms with E-state index >= 15 is 0 Å². The number of carbonyl (C=O) groups excluding carboxylic acids is 1. The van der Waals surface area contributed by atoms with Crippen LogP contribution in [0.15, 0.2) is 30.5 Å². The number of aryl methyl sites for hydroxylation is 1. The molecule has 0 spiro atoms. The van der Waals surface area contributed by atoms with Crippen molar-refractivity contribution in [3.05, 3.63) is 47.4 Å². The van der Waals surface area contributed by atoms with E-state index in [9.17, 15) is 4.79 Å². The molecule has 1 aliphatic rings. The third kappa shape index (κ3) is 2.60. The zero-order chi connectivity index (χ0) is 17.6. The van der Waals surface area contributed by atoms with Gasteiger partial charge in [0.15, 0.2) is 11.4 Å². The van der Waals surface area contributed by atoms with Crippen molar-refractivity contribution in [2.75, 3.05) is 7.11 Å². The van der Waals surface area contributed by atoms with Crippen molar-refractivity contribution in [3.8, 4) is 16.9 Å². The van der Waals surface area contributed by atoms with Gasteiger partial charge in [-0.2, -0.15) is 5.10 Å². The van der Waals surface area contributed by atoms with Gasteiger partial charge in [0.2, 0.25) is 0 Å². The Balaban J connectivity index is 1.93.